The van der Waals surface area contributed by atoms with Crippen LogP contribution in [-0.4, -0.2) is 33.4 Å². The topological polar surface area (TPSA) is 68.2 Å². The standard InChI is InChI=1S/C8H10N4O2S/c1-5-2-7(15)12-6(9-5)3-11(10-12)4-8(13)14/h2-3,10,15H,4H2,1H3,(H,13,14). The molecule has 2 rings (SSSR count). The molecule has 2 aliphatic rings. The van der Waals surface area contributed by atoms with Crippen molar-refractivity contribution in [3.05, 3.63) is 23.1 Å². The van der Waals surface area contributed by atoms with Gasteiger partial charge in [-0.2, -0.15) is 0 Å². The number of nitrogens with one attached hydrogen (secondary N) is 1. The third-order valence-corrected chi connectivity index (χ3v) is 2.22. The van der Waals surface area contributed by atoms with Gasteiger partial charge >= 0.3 is 5.97 Å². The van der Waals surface area contributed by atoms with Crippen molar-refractivity contribution in [2.75, 3.05) is 6.54 Å². The number of thiol groups is 1. The van der Waals surface area contributed by atoms with Gasteiger partial charge in [0.1, 0.15) is 6.54 Å². The van der Waals surface area contributed by atoms with Gasteiger partial charge in [0, 0.05) is 5.71 Å². The minimum absolute atomic E-state index is 0.129. The van der Waals surface area contributed by atoms with Crippen LogP contribution in [0.4, 0.5) is 0 Å². The minimum atomic E-state index is -0.912. The van der Waals surface area contributed by atoms with E-state index in [0.717, 1.165) is 5.71 Å². The third-order valence-electron chi connectivity index (χ3n) is 1.89. The Morgan fingerprint density at radius 2 is 2.47 bits per heavy atom. The quantitative estimate of drug-likeness (QED) is 0.585. The molecule has 0 saturated carbocycles. The molecule has 0 amide bonds. The van der Waals surface area contributed by atoms with Gasteiger partial charge in [-0.1, -0.05) is 0 Å². The van der Waals surface area contributed by atoms with Crippen LogP contribution in [0, 0.1) is 0 Å². The SMILES string of the molecule is CC1=NC2=CN(CC(=O)O)NN2C(S)=C1. The number of carbonyl (C=O) groups is 1. The lowest BCUT2D eigenvalue weighted by atomic mass is 10.3. The molecule has 0 radical (unpaired) electrons. The normalized spacial score (nSPS) is 19.5. The van der Waals surface area contributed by atoms with E-state index in [2.05, 4.69) is 23.2 Å². The van der Waals surface area contributed by atoms with Gasteiger partial charge in [0.25, 0.3) is 0 Å². The maximum atomic E-state index is 10.5. The van der Waals surface area contributed by atoms with E-state index in [1.807, 2.05) is 6.92 Å². The number of aliphatic imine (C=N–C) groups is 1. The summed E-state index contributed by atoms with van der Waals surface area (Å²) in [4.78, 5) is 14.7. The first kappa shape index (κ1) is 10.1. The van der Waals surface area contributed by atoms with Gasteiger partial charge in [0.2, 0.25) is 0 Å². The van der Waals surface area contributed by atoms with E-state index in [1.54, 1.807) is 17.3 Å². The highest BCUT2D eigenvalue weighted by molar-refractivity contribution is 7.84. The van der Waals surface area contributed by atoms with Gasteiger partial charge in [0.05, 0.1) is 11.2 Å². The molecule has 15 heavy (non-hydrogen) atoms. The molecule has 0 bridgehead atoms. The first-order valence-electron chi connectivity index (χ1n) is 4.29. The highest BCUT2D eigenvalue weighted by Gasteiger charge is 2.25. The summed E-state index contributed by atoms with van der Waals surface area (Å²) in [5.41, 5.74) is 3.67. The zero-order valence-corrected chi connectivity index (χ0v) is 8.90. The molecule has 0 spiro atoms. The van der Waals surface area contributed by atoms with Crippen molar-refractivity contribution in [1.29, 1.82) is 0 Å². The predicted octanol–water partition coefficient (Wildman–Crippen LogP) is 0.153. The van der Waals surface area contributed by atoms with E-state index in [9.17, 15) is 4.79 Å². The number of carboxylic acid groups (broad SMARTS) is 1. The summed E-state index contributed by atoms with van der Waals surface area (Å²) in [7, 11) is 0. The molecular formula is C8H10N4O2S. The number of aliphatic carboxylic acids is 1. The summed E-state index contributed by atoms with van der Waals surface area (Å²) in [5, 5.41) is 12.4. The van der Waals surface area contributed by atoms with Crippen LogP contribution in [-0.2, 0) is 4.79 Å². The predicted molar refractivity (Wildman–Crippen MR) is 57.6 cm³/mol. The summed E-state index contributed by atoms with van der Waals surface area (Å²) in [5.74, 6) is -0.272. The fraction of sp³-hybridized carbons (Fsp3) is 0.250. The van der Waals surface area contributed by atoms with Crippen LogP contribution in [0.15, 0.2) is 28.1 Å². The molecule has 80 valence electrons. The molecule has 2 N–H and O–H groups in total. The largest absolute Gasteiger partial charge is 0.480 e. The first-order valence-corrected chi connectivity index (χ1v) is 4.73. The monoisotopic (exact) mass is 226 g/mol. The number of hydrogen-bond donors (Lipinski definition) is 3. The average Bonchev–Trinajstić information content (AvgIpc) is 2.45. The smallest absolute Gasteiger partial charge is 0.324 e. The number of hydrazine groups is 2. The molecule has 0 fully saturated rings. The molecule has 0 atom stereocenters. The second kappa shape index (κ2) is 3.59. The Morgan fingerprint density at radius 1 is 1.73 bits per heavy atom. The van der Waals surface area contributed by atoms with E-state index < -0.39 is 5.97 Å². The molecule has 0 saturated heterocycles. The van der Waals surface area contributed by atoms with E-state index in [1.165, 1.54) is 5.01 Å². The summed E-state index contributed by atoms with van der Waals surface area (Å²) < 4.78 is 0. The third kappa shape index (κ3) is 1.97. The van der Waals surface area contributed by atoms with Crippen LogP contribution in [0.3, 0.4) is 0 Å². The molecule has 6 nitrogen and oxygen atoms in total. The van der Waals surface area contributed by atoms with Crippen LogP contribution in [0.1, 0.15) is 6.92 Å². The van der Waals surface area contributed by atoms with Crippen molar-refractivity contribution in [2.24, 2.45) is 4.99 Å². The molecule has 7 heteroatoms. The van der Waals surface area contributed by atoms with Gasteiger partial charge in [-0.25, -0.2) is 10.0 Å². The maximum absolute atomic E-state index is 10.5. The maximum Gasteiger partial charge on any atom is 0.324 e. The molecule has 0 aromatic carbocycles. The molecule has 0 aliphatic carbocycles. The van der Waals surface area contributed by atoms with Crippen LogP contribution in [0.25, 0.3) is 0 Å². The van der Waals surface area contributed by atoms with Gasteiger partial charge < -0.3 is 5.11 Å². The van der Waals surface area contributed by atoms with Gasteiger partial charge in [0.15, 0.2) is 5.82 Å². The molecule has 2 heterocycles. The summed E-state index contributed by atoms with van der Waals surface area (Å²) in [6.45, 7) is 1.73. The number of nitrogens with zero attached hydrogens (tertiary/aromatic N) is 3. The molecule has 0 unspecified atom stereocenters. The number of hydrogen-bond acceptors (Lipinski definition) is 6. The zero-order valence-electron chi connectivity index (χ0n) is 8.01. The van der Waals surface area contributed by atoms with Crippen LogP contribution >= 0.6 is 12.6 Å². The molecular weight excluding hydrogens is 216 g/mol. The summed E-state index contributed by atoms with van der Waals surface area (Å²) in [6, 6.07) is 0. The molecule has 0 aromatic heterocycles. The highest BCUT2D eigenvalue weighted by atomic mass is 32.1. The van der Waals surface area contributed by atoms with Gasteiger partial charge in [-0.3, -0.25) is 9.80 Å². The Bertz CT molecular complexity index is 401. The van der Waals surface area contributed by atoms with Crippen LogP contribution in [0.5, 0.6) is 0 Å². The fourth-order valence-corrected chi connectivity index (χ4v) is 1.68. The molecule has 2 aliphatic heterocycles. The number of fused-ring (bicyclic) bond motifs is 1. The zero-order chi connectivity index (χ0) is 11.0. The van der Waals surface area contributed by atoms with Crippen molar-refractivity contribution < 1.29 is 9.90 Å². The van der Waals surface area contributed by atoms with E-state index >= 15 is 0 Å². The Balaban J connectivity index is 2.18. The number of carboxylic acids is 1. The fourth-order valence-electron chi connectivity index (χ4n) is 1.34. The number of rotatable bonds is 2. The van der Waals surface area contributed by atoms with Crippen molar-refractivity contribution in [1.82, 2.24) is 15.6 Å². The van der Waals surface area contributed by atoms with E-state index in [4.69, 9.17) is 5.11 Å². The van der Waals surface area contributed by atoms with Crippen LogP contribution in [0.2, 0.25) is 0 Å². The number of allylic oxidation sites excluding steroid dienone is 1. The Labute approximate surface area is 91.9 Å². The lowest BCUT2D eigenvalue weighted by Crippen LogP contribution is -2.41. The van der Waals surface area contributed by atoms with Crippen molar-refractivity contribution >= 4 is 24.3 Å². The van der Waals surface area contributed by atoms with Gasteiger partial charge in [-0.15, -0.1) is 18.2 Å². The minimum Gasteiger partial charge on any atom is -0.480 e. The van der Waals surface area contributed by atoms with E-state index in [-0.39, 0.29) is 6.54 Å². The van der Waals surface area contributed by atoms with Crippen molar-refractivity contribution in [3.63, 3.8) is 0 Å². The lowest BCUT2D eigenvalue weighted by Gasteiger charge is -2.24. The van der Waals surface area contributed by atoms with Crippen molar-refractivity contribution in [2.45, 2.75) is 6.92 Å². The summed E-state index contributed by atoms with van der Waals surface area (Å²) >= 11 is 4.26. The average molecular weight is 226 g/mol. The Kier molecular flexibility index (Phi) is 2.41. The second-order valence-electron chi connectivity index (χ2n) is 3.20. The Morgan fingerprint density at radius 3 is 3.13 bits per heavy atom. The first-order chi connectivity index (χ1) is 7.06. The van der Waals surface area contributed by atoms with Crippen LogP contribution < -0.4 is 5.53 Å². The Hall–Kier alpha value is -1.47. The second-order valence-corrected chi connectivity index (χ2v) is 3.66. The van der Waals surface area contributed by atoms with Crippen molar-refractivity contribution in [3.8, 4) is 0 Å². The van der Waals surface area contributed by atoms with E-state index in [0.29, 0.717) is 10.9 Å². The summed E-state index contributed by atoms with van der Waals surface area (Å²) in [6.07, 6.45) is 3.42. The lowest BCUT2D eigenvalue weighted by molar-refractivity contribution is -0.138. The molecule has 0 aromatic rings. The highest BCUT2D eigenvalue weighted by Crippen LogP contribution is 2.24. The van der Waals surface area contributed by atoms with Gasteiger partial charge in [-0.05, 0) is 13.0 Å².